The van der Waals surface area contributed by atoms with Crippen molar-refractivity contribution in [2.24, 2.45) is 0 Å². The van der Waals surface area contributed by atoms with E-state index in [4.69, 9.17) is 16.9 Å². The van der Waals surface area contributed by atoms with Crippen LogP contribution in [0.15, 0.2) is 27.1 Å². The molecule has 1 atom stereocenters. The molecule has 0 spiro atoms. The molecule has 1 rings (SSSR count). The van der Waals surface area contributed by atoms with Gasteiger partial charge in [0.05, 0.1) is 6.07 Å². The predicted octanol–water partition coefficient (Wildman–Crippen LogP) is 3.89. The number of alkyl halides is 1. The van der Waals surface area contributed by atoms with Crippen LogP contribution in [-0.2, 0) is 6.42 Å². The van der Waals surface area contributed by atoms with Gasteiger partial charge in [0.2, 0.25) is 0 Å². The van der Waals surface area contributed by atoms with Crippen molar-refractivity contribution in [2.45, 2.75) is 11.8 Å². The van der Waals surface area contributed by atoms with Gasteiger partial charge >= 0.3 is 0 Å². The molecule has 0 bridgehead atoms. The van der Waals surface area contributed by atoms with Gasteiger partial charge in [-0.05, 0) is 17.7 Å². The van der Waals surface area contributed by atoms with Gasteiger partial charge < -0.3 is 0 Å². The zero-order valence-corrected chi connectivity index (χ0v) is 10.5. The van der Waals surface area contributed by atoms with E-state index < -0.39 is 5.38 Å². The van der Waals surface area contributed by atoms with Gasteiger partial charge in [-0.3, -0.25) is 0 Å². The second kappa shape index (κ2) is 4.99. The van der Waals surface area contributed by atoms with Crippen molar-refractivity contribution < 1.29 is 0 Å². The summed E-state index contributed by atoms with van der Waals surface area (Å²) in [5, 5.41) is 8.09. The van der Waals surface area contributed by atoms with Crippen LogP contribution >= 0.6 is 43.5 Å². The summed E-state index contributed by atoms with van der Waals surface area (Å²) in [7, 11) is 0. The second-order valence-electron chi connectivity index (χ2n) is 2.50. The molecule has 0 amide bonds. The van der Waals surface area contributed by atoms with E-state index in [1.54, 1.807) is 0 Å². The first-order valence-corrected chi connectivity index (χ1v) is 5.64. The number of rotatable bonds is 2. The van der Waals surface area contributed by atoms with Crippen LogP contribution in [0.1, 0.15) is 5.56 Å². The summed E-state index contributed by atoms with van der Waals surface area (Å²) in [5.74, 6) is 0. The number of benzene rings is 1. The molecule has 1 aromatic carbocycles. The van der Waals surface area contributed by atoms with Crippen molar-refractivity contribution in [1.29, 1.82) is 5.26 Å². The number of nitrogens with zero attached hydrogens (tertiary/aromatic N) is 1. The molecule has 0 radical (unpaired) electrons. The minimum atomic E-state index is -0.477. The van der Waals surface area contributed by atoms with Crippen molar-refractivity contribution in [2.75, 3.05) is 0 Å². The number of hydrogen-bond donors (Lipinski definition) is 0. The molecule has 1 aromatic rings. The molecule has 0 heterocycles. The SMILES string of the molecule is N#CC(Cl)Cc1c(Br)cccc1Br. The fourth-order valence-electron chi connectivity index (χ4n) is 0.952. The zero-order valence-electron chi connectivity index (χ0n) is 6.60. The number of hydrogen-bond acceptors (Lipinski definition) is 1. The topological polar surface area (TPSA) is 23.8 Å². The summed E-state index contributed by atoms with van der Waals surface area (Å²) < 4.78 is 1.95. The maximum atomic E-state index is 8.57. The molecule has 0 aromatic heterocycles. The summed E-state index contributed by atoms with van der Waals surface area (Å²) in [4.78, 5) is 0. The normalized spacial score (nSPS) is 12.2. The molecule has 1 nitrogen and oxygen atoms in total. The van der Waals surface area contributed by atoms with E-state index in [0.29, 0.717) is 6.42 Å². The van der Waals surface area contributed by atoms with Gasteiger partial charge in [-0.2, -0.15) is 5.26 Å². The van der Waals surface area contributed by atoms with Crippen molar-refractivity contribution in [1.82, 2.24) is 0 Å². The molecular weight excluding hydrogens is 317 g/mol. The lowest BCUT2D eigenvalue weighted by Gasteiger charge is -2.06. The van der Waals surface area contributed by atoms with Crippen LogP contribution in [0.3, 0.4) is 0 Å². The molecule has 0 N–H and O–H groups in total. The largest absolute Gasteiger partial charge is 0.197 e. The van der Waals surface area contributed by atoms with Crippen LogP contribution in [0.25, 0.3) is 0 Å². The van der Waals surface area contributed by atoms with E-state index in [0.717, 1.165) is 14.5 Å². The third-order valence-corrected chi connectivity index (χ3v) is 3.32. The first-order chi connectivity index (χ1) is 6.15. The van der Waals surface area contributed by atoms with Gasteiger partial charge in [0.15, 0.2) is 0 Å². The molecule has 4 heteroatoms. The summed E-state index contributed by atoms with van der Waals surface area (Å²) in [5.41, 5.74) is 1.03. The lowest BCUT2D eigenvalue weighted by molar-refractivity contribution is 1.00. The second-order valence-corrected chi connectivity index (χ2v) is 4.74. The van der Waals surface area contributed by atoms with Crippen molar-refractivity contribution in [3.63, 3.8) is 0 Å². The Morgan fingerprint density at radius 2 is 1.92 bits per heavy atom. The molecular formula is C9H6Br2ClN. The Balaban J connectivity index is 2.95. The molecule has 0 saturated heterocycles. The van der Waals surface area contributed by atoms with E-state index >= 15 is 0 Å². The van der Waals surface area contributed by atoms with Crippen LogP contribution in [0.4, 0.5) is 0 Å². The number of nitriles is 1. The van der Waals surface area contributed by atoms with Crippen LogP contribution in [0.2, 0.25) is 0 Å². The number of halogens is 3. The monoisotopic (exact) mass is 321 g/mol. The van der Waals surface area contributed by atoms with E-state index in [-0.39, 0.29) is 0 Å². The summed E-state index contributed by atoms with van der Waals surface area (Å²) in [6.07, 6.45) is 0.542. The van der Waals surface area contributed by atoms with E-state index in [9.17, 15) is 0 Å². The summed E-state index contributed by atoms with van der Waals surface area (Å²) >= 11 is 12.6. The Kier molecular flexibility index (Phi) is 4.24. The van der Waals surface area contributed by atoms with E-state index in [1.165, 1.54) is 0 Å². The standard InChI is InChI=1S/C9H6Br2ClN/c10-8-2-1-3-9(11)7(8)4-6(12)5-13/h1-3,6H,4H2. The quantitative estimate of drug-likeness (QED) is 0.758. The highest BCUT2D eigenvalue weighted by Gasteiger charge is 2.09. The van der Waals surface area contributed by atoms with Crippen LogP contribution in [0, 0.1) is 11.3 Å². The maximum absolute atomic E-state index is 8.57. The molecule has 13 heavy (non-hydrogen) atoms. The Hall–Kier alpha value is -0.0400. The third-order valence-electron chi connectivity index (χ3n) is 1.59. The van der Waals surface area contributed by atoms with Crippen LogP contribution in [-0.4, -0.2) is 5.38 Å². The third kappa shape index (κ3) is 2.98. The molecule has 0 fully saturated rings. The molecule has 1 unspecified atom stereocenters. The zero-order chi connectivity index (χ0) is 9.84. The first kappa shape index (κ1) is 11.0. The minimum Gasteiger partial charge on any atom is -0.197 e. The van der Waals surface area contributed by atoms with Crippen molar-refractivity contribution in [3.05, 3.63) is 32.7 Å². The van der Waals surface area contributed by atoms with Crippen LogP contribution < -0.4 is 0 Å². The fraction of sp³-hybridized carbons (Fsp3) is 0.222. The van der Waals surface area contributed by atoms with Gasteiger partial charge in [0, 0.05) is 15.4 Å². The smallest absolute Gasteiger partial charge is 0.124 e. The summed E-state index contributed by atoms with van der Waals surface area (Å²) in [6.45, 7) is 0. The fourth-order valence-corrected chi connectivity index (χ4v) is 2.43. The molecule has 0 saturated carbocycles. The lowest BCUT2D eigenvalue weighted by atomic mass is 10.1. The van der Waals surface area contributed by atoms with Gasteiger partial charge in [0.25, 0.3) is 0 Å². The Labute approximate surface area is 99.0 Å². The van der Waals surface area contributed by atoms with Gasteiger partial charge in [-0.25, -0.2) is 0 Å². The highest BCUT2D eigenvalue weighted by molar-refractivity contribution is 9.11. The molecule has 68 valence electrons. The Morgan fingerprint density at radius 3 is 2.38 bits per heavy atom. The predicted molar refractivity (Wildman–Crippen MR) is 60.8 cm³/mol. The average Bonchev–Trinajstić information content (AvgIpc) is 2.11. The Bertz CT molecular complexity index is 326. The van der Waals surface area contributed by atoms with Gasteiger partial charge in [-0.15, -0.1) is 11.6 Å². The van der Waals surface area contributed by atoms with Crippen LogP contribution in [0.5, 0.6) is 0 Å². The van der Waals surface area contributed by atoms with E-state index in [2.05, 4.69) is 31.9 Å². The van der Waals surface area contributed by atoms with Gasteiger partial charge in [0.1, 0.15) is 5.38 Å². The lowest BCUT2D eigenvalue weighted by Crippen LogP contribution is -2.01. The highest BCUT2D eigenvalue weighted by atomic mass is 79.9. The van der Waals surface area contributed by atoms with E-state index in [1.807, 2.05) is 24.3 Å². The van der Waals surface area contributed by atoms with Crippen molar-refractivity contribution in [3.8, 4) is 6.07 Å². The summed E-state index contributed by atoms with van der Waals surface area (Å²) in [6, 6.07) is 7.78. The van der Waals surface area contributed by atoms with Crippen molar-refractivity contribution >= 4 is 43.5 Å². The Morgan fingerprint density at radius 1 is 1.38 bits per heavy atom. The molecule has 0 aliphatic heterocycles. The average molecular weight is 323 g/mol. The minimum absolute atomic E-state index is 0.477. The molecule has 0 aliphatic carbocycles. The first-order valence-electron chi connectivity index (χ1n) is 3.61. The molecule has 0 aliphatic rings. The highest BCUT2D eigenvalue weighted by Crippen LogP contribution is 2.27. The van der Waals surface area contributed by atoms with Gasteiger partial charge in [-0.1, -0.05) is 37.9 Å². The maximum Gasteiger partial charge on any atom is 0.124 e.